The summed E-state index contributed by atoms with van der Waals surface area (Å²) in [6.45, 7) is 5.08. The number of thioether (sulfide) groups is 1. The monoisotopic (exact) mass is 476 g/mol. The molecule has 0 bridgehead atoms. The summed E-state index contributed by atoms with van der Waals surface area (Å²) in [5.41, 5.74) is 4.59. The van der Waals surface area contributed by atoms with Gasteiger partial charge >= 0.3 is 0 Å². The molecule has 5 rings (SSSR count). The highest BCUT2D eigenvalue weighted by molar-refractivity contribution is 7.98. The largest absolute Gasteiger partial charge is 0.490 e. The van der Waals surface area contributed by atoms with Crippen LogP contribution < -0.4 is 4.74 Å². The lowest BCUT2D eigenvalue weighted by molar-refractivity contribution is 0.210. The molecule has 0 atom stereocenters. The second-order valence-corrected chi connectivity index (χ2v) is 10.1. The summed E-state index contributed by atoms with van der Waals surface area (Å²) in [6.07, 6.45) is 5.25. The van der Waals surface area contributed by atoms with Crippen molar-refractivity contribution in [1.29, 1.82) is 0 Å². The van der Waals surface area contributed by atoms with E-state index in [0.29, 0.717) is 6.10 Å². The minimum absolute atomic E-state index is 0.371. The highest BCUT2D eigenvalue weighted by Gasteiger charge is 2.18. The Morgan fingerprint density at radius 1 is 1.06 bits per heavy atom. The topological polar surface area (TPSA) is 52.8 Å². The predicted molar refractivity (Wildman–Crippen MR) is 136 cm³/mol. The average Bonchev–Trinajstić information content (AvgIpc) is 3.59. The molecule has 7 heteroatoms. The molecule has 0 spiro atoms. The van der Waals surface area contributed by atoms with E-state index in [9.17, 15) is 0 Å². The molecule has 4 aromatic rings. The number of rotatable bonds is 8. The molecule has 0 N–H and O–H groups in total. The van der Waals surface area contributed by atoms with Gasteiger partial charge in [0, 0.05) is 28.8 Å². The number of aryl methyl sites for hydroxylation is 1. The van der Waals surface area contributed by atoms with Crippen LogP contribution in [-0.4, -0.2) is 25.9 Å². The maximum atomic E-state index is 6.10. The van der Waals surface area contributed by atoms with E-state index in [1.165, 1.54) is 24.0 Å². The van der Waals surface area contributed by atoms with Crippen LogP contribution in [0.3, 0.4) is 0 Å². The number of thiazole rings is 1. The molecule has 0 amide bonds. The summed E-state index contributed by atoms with van der Waals surface area (Å²) >= 11 is 3.38. The molecule has 1 aliphatic carbocycles. The van der Waals surface area contributed by atoms with Crippen LogP contribution in [0, 0.1) is 6.92 Å². The zero-order chi connectivity index (χ0) is 22.6. The molecule has 2 aromatic heterocycles. The number of aromatic nitrogens is 4. The van der Waals surface area contributed by atoms with E-state index in [-0.39, 0.29) is 0 Å². The predicted octanol–water partition coefficient (Wildman–Crippen LogP) is 7.01. The maximum Gasteiger partial charge on any atom is 0.191 e. The van der Waals surface area contributed by atoms with Crippen LogP contribution in [0.2, 0.25) is 0 Å². The van der Waals surface area contributed by atoms with Gasteiger partial charge in [0.25, 0.3) is 0 Å². The number of benzene rings is 2. The Labute approximate surface area is 203 Å². The summed E-state index contributed by atoms with van der Waals surface area (Å²) in [4.78, 5) is 4.85. The fraction of sp³-hybridized carbons (Fsp3) is 0.346. The highest BCUT2D eigenvalue weighted by Crippen LogP contribution is 2.31. The van der Waals surface area contributed by atoms with E-state index in [2.05, 4.69) is 82.5 Å². The van der Waals surface area contributed by atoms with Gasteiger partial charge in [-0.05, 0) is 69.4 Å². The summed E-state index contributed by atoms with van der Waals surface area (Å²) in [7, 11) is 0. The third-order valence-corrected chi connectivity index (χ3v) is 7.95. The zero-order valence-corrected chi connectivity index (χ0v) is 20.7. The van der Waals surface area contributed by atoms with Crippen LogP contribution in [0.5, 0.6) is 5.75 Å². The Morgan fingerprint density at radius 2 is 1.85 bits per heavy atom. The van der Waals surface area contributed by atoms with Crippen molar-refractivity contribution in [3.63, 3.8) is 0 Å². The van der Waals surface area contributed by atoms with Crippen molar-refractivity contribution in [2.75, 3.05) is 0 Å². The summed E-state index contributed by atoms with van der Waals surface area (Å²) in [5, 5.41) is 13.1. The van der Waals surface area contributed by atoms with Crippen molar-refractivity contribution in [2.45, 2.75) is 63.1 Å². The molecule has 0 saturated heterocycles. The third kappa shape index (κ3) is 4.99. The number of hydrogen-bond acceptors (Lipinski definition) is 6. The van der Waals surface area contributed by atoms with E-state index >= 15 is 0 Å². The SMILES string of the molecule is CCn1c(SCc2csc(-c3ccccc3C)n2)nnc1-c1ccc(OC2CCCC2)cc1. The van der Waals surface area contributed by atoms with Gasteiger partial charge in [0.05, 0.1) is 11.8 Å². The van der Waals surface area contributed by atoms with Gasteiger partial charge in [0.15, 0.2) is 11.0 Å². The van der Waals surface area contributed by atoms with Crippen molar-refractivity contribution in [3.05, 3.63) is 65.2 Å². The van der Waals surface area contributed by atoms with Gasteiger partial charge in [-0.15, -0.1) is 21.5 Å². The summed E-state index contributed by atoms with van der Waals surface area (Å²) in [6, 6.07) is 16.7. The average molecular weight is 477 g/mol. The van der Waals surface area contributed by atoms with Gasteiger partial charge in [-0.1, -0.05) is 36.0 Å². The Hall–Kier alpha value is -2.64. The molecular formula is C26H28N4OS2. The van der Waals surface area contributed by atoms with Crippen LogP contribution in [0.25, 0.3) is 22.0 Å². The first kappa shape index (κ1) is 22.2. The van der Waals surface area contributed by atoms with Crippen LogP contribution in [0.15, 0.2) is 59.1 Å². The number of hydrogen-bond donors (Lipinski definition) is 0. The Kier molecular flexibility index (Phi) is 6.78. The van der Waals surface area contributed by atoms with E-state index in [1.54, 1.807) is 23.1 Å². The molecule has 2 aromatic carbocycles. The molecule has 2 heterocycles. The van der Waals surface area contributed by atoms with Gasteiger partial charge < -0.3 is 9.30 Å². The smallest absolute Gasteiger partial charge is 0.191 e. The van der Waals surface area contributed by atoms with Gasteiger partial charge in [0.2, 0.25) is 0 Å². The van der Waals surface area contributed by atoms with E-state index < -0.39 is 0 Å². The van der Waals surface area contributed by atoms with Crippen molar-refractivity contribution in [3.8, 4) is 27.7 Å². The first-order valence-corrected chi connectivity index (χ1v) is 13.4. The molecule has 5 nitrogen and oxygen atoms in total. The molecule has 33 heavy (non-hydrogen) atoms. The molecule has 1 aliphatic rings. The Balaban J connectivity index is 1.27. The maximum absolute atomic E-state index is 6.10. The van der Waals surface area contributed by atoms with Crippen molar-refractivity contribution in [1.82, 2.24) is 19.7 Å². The van der Waals surface area contributed by atoms with Gasteiger partial charge in [0.1, 0.15) is 10.8 Å². The molecular weight excluding hydrogens is 448 g/mol. The van der Waals surface area contributed by atoms with Gasteiger partial charge in [-0.2, -0.15) is 0 Å². The minimum atomic E-state index is 0.371. The lowest BCUT2D eigenvalue weighted by Gasteiger charge is -2.13. The Bertz CT molecular complexity index is 1210. The summed E-state index contributed by atoms with van der Waals surface area (Å²) < 4.78 is 8.28. The van der Waals surface area contributed by atoms with Crippen molar-refractivity contribution < 1.29 is 4.74 Å². The Morgan fingerprint density at radius 3 is 2.61 bits per heavy atom. The first-order valence-electron chi connectivity index (χ1n) is 11.5. The first-order chi connectivity index (χ1) is 16.2. The molecule has 0 unspecified atom stereocenters. The van der Waals surface area contributed by atoms with Crippen LogP contribution in [0.1, 0.15) is 43.9 Å². The van der Waals surface area contributed by atoms with Crippen molar-refractivity contribution in [2.24, 2.45) is 0 Å². The second kappa shape index (κ2) is 10.1. The fourth-order valence-electron chi connectivity index (χ4n) is 4.22. The molecule has 0 radical (unpaired) electrons. The summed E-state index contributed by atoms with van der Waals surface area (Å²) in [5.74, 6) is 2.61. The van der Waals surface area contributed by atoms with E-state index in [0.717, 1.165) is 58.1 Å². The van der Waals surface area contributed by atoms with Crippen LogP contribution >= 0.6 is 23.1 Å². The molecule has 1 fully saturated rings. The highest BCUT2D eigenvalue weighted by atomic mass is 32.2. The zero-order valence-electron chi connectivity index (χ0n) is 19.0. The lowest BCUT2D eigenvalue weighted by Crippen LogP contribution is -2.10. The molecule has 0 aliphatic heterocycles. The van der Waals surface area contributed by atoms with Crippen molar-refractivity contribution >= 4 is 23.1 Å². The minimum Gasteiger partial charge on any atom is -0.490 e. The number of nitrogens with zero attached hydrogens (tertiary/aromatic N) is 4. The molecule has 170 valence electrons. The van der Waals surface area contributed by atoms with Gasteiger partial charge in [-0.25, -0.2) is 4.98 Å². The quantitative estimate of drug-likeness (QED) is 0.256. The standard InChI is InChI=1S/C26H28N4OS2/c1-3-30-24(19-12-14-22(15-13-19)31-21-9-5-6-10-21)28-29-26(30)33-17-20-16-32-25(27-20)23-11-7-4-8-18(23)2/h4,7-8,11-16,21H,3,5-6,9-10,17H2,1-2H3. The van der Waals surface area contributed by atoms with Crippen LogP contribution in [-0.2, 0) is 12.3 Å². The van der Waals surface area contributed by atoms with Crippen LogP contribution in [0.4, 0.5) is 0 Å². The molecule has 1 saturated carbocycles. The third-order valence-electron chi connectivity index (χ3n) is 6.03. The second-order valence-electron chi connectivity index (χ2n) is 8.35. The van der Waals surface area contributed by atoms with E-state index in [4.69, 9.17) is 9.72 Å². The lowest BCUT2D eigenvalue weighted by atomic mass is 10.1. The van der Waals surface area contributed by atoms with Gasteiger partial charge in [-0.3, -0.25) is 0 Å². The van der Waals surface area contributed by atoms with E-state index in [1.807, 2.05) is 0 Å². The fourth-order valence-corrected chi connectivity index (χ4v) is 6.13. The number of ether oxygens (including phenoxy) is 1. The normalized spacial score (nSPS) is 14.1.